The van der Waals surface area contributed by atoms with Gasteiger partial charge in [-0.05, 0) is 73.4 Å². The van der Waals surface area contributed by atoms with Crippen molar-refractivity contribution in [2.45, 2.75) is 13.3 Å². The van der Waals surface area contributed by atoms with E-state index in [1.54, 1.807) is 24.3 Å². The van der Waals surface area contributed by atoms with Crippen LogP contribution < -0.4 is 10.1 Å². The molecule has 4 aliphatic carbocycles. The van der Waals surface area contributed by atoms with Gasteiger partial charge in [-0.1, -0.05) is 29.8 Å². The van der Waals surface area contributed by atoms with Crippen LogP contribution in [0, 0.1) is 42.4 Å². The molecule has 0 aromatic heterocycles. The van der Waals surface area contributed by atoms with Gasteiger partial charge >= 0.3 is 0 Å². The number of allylic oxidation sites excluding steroid dienone is 2. The maximum atomic E-state index is 13.0. The SMILES string of the molecule is Cc1ccc(Oc2ccc(NC(=O)CN3C(=O)[C@H]4[C@@H]5C=C[C@H]([C@H]6C[C@H]56)[C@@H]4C3=O)cc2)cc1. The predicted octanol–water partition coefficient (Wildman–Crippen LogP) is 3.78. The monoisotopic (exact) mass is 428 g/mol. The summed E-state index contributed by atoms with van der Waals surface area (Å²) in [6, 6.07) is 14.8. The molecule has 1 heterocycles. The zero-order valence-electron chi connectivity index (χ0n) is 17.7. The molecule has 7 rings (SSSR count). The van der Waals surface area contributed by atoms with Crippen LogP contribution in [-0.4, -0.2) is 29.2 Å². The van der Waals surface area contributed by atoms with Crippen LogP contribution in [0.3, 0.4) is 0 Å². The Morgan fingerprint density at radius 3 is 2.00 bits per heavy atom. The number of amides is 3. The van der Waals surface area contributed by atoms with Gasteiger partial charge in [0.1, 0.15) is 18.0 Å². The maximum absolute atomic E-state index is 13.0. The van der Waals surface area contributed by atoms with Crippen LogP contribution in [-0.2, 0) is 14.4 Å². The number of likely N-dealkylation sites (tertiary alicyclic amines) is 1. The Hall–Kier alpha value is -3.41. The van der Waals surface area contributed by atoms with Crippen molar-refractivity contribution in [2.75, 3.05) is 11.9 Å². The van der Waals surface area contributed by atoms with Crippen LogP contribution in [0.2, 0.25) is 0 Å². The van der Waals surface area contributed by atoms with Gasteiger partial charge in [-0.25, -0.2) is 0 Å². The van der Waals surface area contributed by atoms with E-state index in [0.29, 0.717) is 23.3 Å². The molecule has 5 aliphatic rings. The van der Waals surface area contributed by atoms with E-state index in [0.717, 1.165) is 17.7 Å². The highest BCUT2D eigenvalue weighted by atomic mass is 16.5. The van der Waals surface area contributed by atoms with E-state index >= 15 is 0 Å². The Morgan fingerprint density at radius 1 is 0.906 bits per heavy atom. The number of ether oxygens (including phenoxy) is 1. The summed E-state index contributed by atoms with van der Waals surface area (Å²) in [4.78, 5) is 39.8. The van der Waals surface area contributed by atoms with Crippen molar-refractivity contribution in [1.29, 1.82) is 0 Å². The van der Waals surface area contributed by atoms with Crippen LogP contribution in [0.15, 0.2) is 60.7 Å². The fourth-order valence-electron chi connectivity index (χ4n) is 5.87. The number of carbonyl (C=O) groups is 3. The number of aryl methyl sites for hydroxylation is 1. The molecular weight excluding hydrogens is 404 g/mol. The molecule has 32 heavy (non-hydrogen) atoms. The van der Waals surface area contributed by atoms with E-state index < -0.39 is 0 Å². The Balaban J connectivity index is 1.09. The molecule has 3 amide bonds. The molecule has 0 spiro atoms. The van der Waals surface area contributed by atoms with Crippen LogP contribution in [0.5, 0.6) is 11.5 Å². The van der Waals surface area contributed by atoms with Gasteiger partial charge in [-0.3, -0.25) is 19.3 Å². The van der Waals surface area contributed by atoms with E-state index in [1.807, 2.05) is 31.2 Å². The second-order valence-electron chi connectivity index (χ2n) is 9.40. The number of hydrogen-bond acceptors (Lipinski definition) is 4. The van der Waals surface area contributed by atoms with Gasteiger partial charge in [0.25, 0.3) is 0 Å². The third-order valence-corrected chi connectivity index (χ3v) is 7.45. The molecule has 0 unspecified atom stereocenters. The Bertz CT molecular complexity index is 1100. The fraction of sp³-hybridized carbons (Fsp3) is 0.346. The Kier molecular flexibility index (Phi) is 4.25. The topological polar surface area (TPSA) is 75.7 Å². The average Bonchev–Trinajstić information content (AvgIpc) is 3.58. The van der Waals surface area contributed by atoms with Crippen LogP contribution in [0.1, 0.15) is 12.0 Å². The summed E-state index contributed by atoms with van der Waals surface area (Å²) in [6.07, 6.45) is 5.39. The second kappa shape index (κ2) is 7.05. The van der Waals surface area contributed by atoms with Crippen molar-refractivity contribution in [3.63, 3.8) is 0 Å². The number of anilines is 1. The minimum atomic E-state index is -0.372. The number of benzene rings is 2. The summed E-state index contributed by atoms with van der Waals surface area (Å²) in [7, 11) is 0. The molecule has 1 aliphatic heterocycles. The van der Waals surface area contributed by atoms with Crippen LogP contribution in [0.4, 0.5) is 5.69 Å². The molecule has 6 nitrogen and oxygen atoms in total. The summed E-state index contributed by atoms with van der Waals surface area (Å²) < 4.78 is 5.81. The smallest absolute Gasteiger partial charge is 0.244 e. The lowest BCUT2D eigenvalue weighted by Gasteiger charge is -2.37. The average molecular weight is 428 g/mol. The number of hydrogen-bond donors (Lipinski definition) is 1. The molecule has 6 heteroatoms. The quantitative estimate of drug-likeness (QED) is 0.581. The first-order chi connectivity index (χ1) is 15.5. The van der Waals surface area contributed by atoms with Crippen molar-refractivity contribution >= 4 is 23.4 Å². The lowest BCUT2D eigenvalue weighted by molar-refractivity contribution is -0.142. The summed E-state index contributed by atoms with van der Waals surface area (Å²) >= 11 is 0. The van der Waals surface area contributed by atoms with Crippen molar-refractivity contribution < 1.29 is 19.1 Å². The molecule has 2 aromatic carbocycles. The molecule has 0 radical (unpaired) electrons. The second-order valence-corrected chi connectivity index (χ2v) is 9.40. The largest absolute Gasteiger partial charge is 0.457 e. The number of nitrogens with zero attached hydrogens (tertiary/aromatic N) is 1. The minimum Gasteiger partial charge on any atom is -0.457 e. The van der Waals surface area contributed by atoms with Crippen LogP contribution in [0.25, 0.3) is 0 Å². The number of nitrogens with one attached hydrogen (secondary N) is 1. The maximum Gasteiger partial charge on any atom is 0.244 e. The Labute approximate surface area is 186 Å². The van der Waals surface area contributed by atoms with Gasteiger partial charge in [-0.2, -0.15) is 0 Å². The van der Waals surface area contributed by atoms with Gasteiger partial charge in [0.2, 0.25) is 17.7 Å². The van der Waals surface area contributed by atoms with E-state index in [-0.39, 0.29) is 47.9 Å². The van der Waals surface area contributed by atoms with E-state index in [4.69, 9.17) is 4.74 Å². The molecule has 1 saturated heterocycles. The normalized spacial score (nSPS) is 31.3. The highest BCUT2D eigenvalue weighted by molar-refractivity contribution is 6.09. The highest BCUT2D eigenvalue weighted by Gasteiger charge is 2.67. The number of imide groups is 1. The van der Waals surface area contributed by atoms with Gasteiger partial charge in [0, 0.05) is 5.69 Å². The first kappa shape index (κ1) is 19.3. The molecular formula is C26H24N2O4. The Morgan fingerprint density at radius 2 is 1.44 bits per heavy atom. The highest BCUT2D eigenvalue weighted by Crippen LogP contribution is 2.65. The molecule has 2 aromatic rings. The first-order valence-corrected chi connectivity index (χ1v) is 11.2. The molecule has 162 valence electrons. The summed E-state index contributed by atoms with van der Waals surface area (Å²) in [5, 5.41) is 2.79. The van der Waals surface area contributed by atoms with Crippen molar-refractivity contribution in [3.8, 4) is 11.5 Å². The van der Waals surface area contributed by atoms with Gasteiger partial charge in [0.05, 0.1) is 11.8 Å². The fourth-order valence-corrected chi connectivity index (χ4v) is 5.87. The third-order valence-electron chi connectivity index (χ3n) is 7.45. The lowest BCUT2D eigenvalue weighted by Crippen LogP contribution is -2.40. The standard InChI is InChI=1S/C26H24N2O4/c1-14-2-6-16(7-3-14)32-17-8-4-15(5-9-17)27-22(29)13-28-25(30)23-18-10-11-19(21-12-20(18)21)24(23)26(28)31/h2-11,18-21,23-24H,12-13H2,1H3,(H,27,29)/t18-,19-,20-,21-,23+,24+/m1/s1. The summed E-state index contributed by atoms with van der Waals surface area (Å²) in [5.74, 6) is 1.56. The number of carbonyl (C=O) groups excluding carboxylic acids is 3. The summed E-state index contributed by atoms with van der Waals surface area (Å²) in [6.45, 7) is 1.78. The minimum absolute atomic E-state index is 0.167. The van der Waals surface area contributed by atoms with E-state index in [1.165, 1.54) is 4.90 Å². The third kappa shape index (κ3) is 3.05. The molecule has 2 saturated carbocycles. The zero-order chi connectivity index (χ0) is 22.0. The van der Waals surface area contributed by atoms with Gasteiger partial charge in [0.15, 0.2) is 0 Å². The van der Waals surface area contributed by atoms with Crippen molar-refractivity contribution in [3.05, 3.63) is 66.2 Å². The molecule has 6 atom stereocenters. The van der Waals surface area contributed by atoms with Crippen molar-refractivity contribution in [1.82, 2.24) is 4.90 Å². The summed E-state index contributed by atoms with van der Waals surface area (Å²) in [5.41, 5.74) is 1.75. The van der Waals surface area contributed by atoms with E-state index in [2.05, 4.69) is 17.5 Å². The molecule has 1 N–H and O–H groups in total. The zero-order valence-corrected chi connectivity index (χ0v) is 17.7. The first-order valence-electron chi connectivity index (χ1n) is 11.2. The lowest BCUT2D eigenvalue weighted by atomic mass is 9.63. The van der Waals surface area contributed by atoms with Crippen molar-refractivity contribution in [2.24, 2.45) is 35.5 Å². The number of rotatable bonds is 5. The van der Waals surface area contributed by atoms with Gasteiger partial charge in [-0.15, -0.1) is 0 Å². The molecule has 2 bridgehead atoms. The van der Waals surface area contributed by atoms with E-state index in [9.17, 15) is 14.4 Å². The van der Waals surface area contributed by atoms with Gasteiger partial charge < -0.3 is 10.1 Å². The predicted molar refractivity (Wildman–Crippen MR) is 118 cm³/mol. The molecule has 3 fully saturated rings. The van der Waals surface area contributed by atoms with Crippen LogP contribution >= 0.6 is 0 Å².